The lowest BCUT2D eigenvalue weighted by atomic mass is 10.1. The number of nitrogens with zero attached hydrogens (tertiary/aromatic N) is 2. The van der Waals surface area contributed by atoms with E-state index in [1.54, 1.807) is 12.1 Å². The molecule has 3 rings (SSSR count). The molecule has 0 radical (unpaired) electrons. The third-order valence-electron chi connectivity index (χ3n) is 3.58. The number of halogens is 4. The Kier molecular flexibility index (Phi) is 3.82. The molecule has 0 saturated carbocycles. The second-order valence-corrected chi connectivity index (χ2v) is 5.61. The largest absolute Gasteiger partial charge is 0.417 e. The fourth-order valence-corrected chi connectivity index (χ4v) is 2.65. The second kappa shape index (κ2) is 5.54. The fraction of sp³-hybridized carbons (Fsp3) is 0.188. The molecule has 1 aromatic carbocycles. The predicted molar refractivity (Wildman–Crippen MR) is 81.3 cm³/mol. The van der Waals surface area contributed by atoms with Crippen molar-refractivity contribution in [3.8, 4) is 11.3 Å². The van der Waals surface area contributed by atoms with Crippen LogP contribution < -0.4 is 0 Å². The van der Waals surface area contributed by atoms with Crippen molar-refractivity contribution >= 4 is 17.2 Å². The highest BCUT2D eigenvalue weighted by Crippen LogP contribution is 2.34. The number of pyridine rings is 1. The van der Waals surface area contributed by atoms with Crippen molar-refractivity contribution < 1.29 is 18.3 Å². The average Bonchev–Trinajstić information content (AvgIpc) is 2.86. The highest BCUT2D eigenvalue weighted by atomic mass is 35.5. The number of hydrogen-bond acceptors (Lipinski definition) is 2. The van der Waals surface area contributed by atoms with E-state index in [9.17, 15) is 18.3 Å². The van der Waals surface area contributed by atoms with Gasteiger partial charge in [-0.25, -0.2) is 4.98 Å². The minimum absolute atomic E-state index is 0.118. The third kappa shape index (κ3) is 2.80. The number of alkyl halides is 3. The lowest BCUT2D eigenvalue weighted by Crippen LogP contribution is -2.07. The van der Waals surface area contributed by atoms with Gasteiger partial charge in [-0.1, -0.05) is 41.4 Å². The first-order valence-corrected chi connectivity index (χ1v) is 7.14. The van der Waals surface area contributed by atoms with E-state index in [0.717, 1.165) is 17.8 Å². The van der Waals surface area contributed by atoms with Gasteiger partial charge in [0.15, 0.2) is 5.65 Å². The number of fused-ring (bicyclic) bond motifs is 1. The maximum atomic E-state index is 13.0. The summed E-state index contributed by atoms with van der Waals surface area (Å²) in [5.41, 5.74) is 1.70. The first-order chi connectivity index (χ1) is 10.8. The maximum Gasteiger partial charge on any atom is 0.417 e. The molecule has 120 valence electrons. The Morgan fingerprint density at radius 3 is 2.43 bits per heavy atom. The molecule has 0 fully saturated rings. The Bertz CT molecular complexity index is 870. The Morgan fingerprint density at radius 2 is 1.87 bits per heavy atom. The molecule has 3 aromatic rings. The summed E-state index contributed by atoms with van der Waals surface area (Å²) in [5.74, 6) is 0. The second-order valence-electron chi connectivity index (χ2n) is 5.20. The van der Waals surface area contributed by atoms with E-state index in [2.05, 4.69) is 4.98 Å². The summed E-state index contributed by atoms with van der Waals surface area (Å²) < 4.78 is 40.0. The van der Waals surface area contributed by atoms with Gasteiger partial charge in [0.05, 0.1) is 28.6 Å². The monoisotopic (exact) mass is 340 g/mol. The highest BCUT2D eigenvalue weighted by Gasteiger charge is 2.32. The lowest BCUT2D eigenvalue weighted by Gasteiger charge is -2.09. The molecule has 0 unspecified atom stereocenters. The van der Waals surface area contributed by atoms with E-state index in [0.29, 0.717) is 11.3 Å². The fourth-order valence-electron chi connectivity index (χ4n) is 2.40. The Labute approximate surface area is 135 Å². The van der Waals surface area contributed by atoms with Gasteiger partial charge >= 0.3 is 6.18 Å². The number of hydrogen-bond donors (Lipinski definition) is 1. The molecule has 0 aliphatic carbocycles. The Balaban J connectivity index is 2.29. The van der Waals surface area contributed by atoms with Gasteiger partial charge in [0.25, 0.3) is 0 Å². The number of aryl methyl sites for hydroxylation is 1. The van der Waals surface area contributed by atoms with Crippen molar-refractivity contribution in [3.05, 3.63) is 58.4 Å². The zero-order valence-electron chi connectivity index (χ0n) is 12.0. The van der Waals surface area contributed by atoms with Crippen LogP contribution in [0.25, 0.3) is 16.9 Å². The number of rotatable bonds is 2. The molecular weight excluding hydrogens is 329 g/mol. The molecule has 0 spiro atoms. The van der Waals surface area contributed by atoms with Crippen molar-refractivity contribution in [1.82, 2.24) is 9.38 Å². The maximum absolute atomic E-state index is 13.0. The smallest absolute Gasteiger partial charge is 0.390 e. The van der Waals surface area contributed by atoms with E-state index in [4.69, 9.17) is 11.6 Å². The Morgan fingerprint density at radius 1 is 1.22 bits per heavy atom. The van der Waals surface area contributed by atoms with Gasteiger partial charge < -0.3 is 5.11 Å². The molecule has 0 aliphatic heterocycles. The molecule has 0 amide bonds. The van der Waals surface area contributed by atoms with Crippen molar-refractivity contribution in [3.63, 3.8) is 0 Å². The van der Waals surface area contributed by atoms with Gasteiger partial charge in [-0.15, -0.1) is 0 Å². The molecule has 3 nitrogen and oxygen atoms in total. The zero-order valence-corrected chi connectivity index (χ0v) is 12.8. The van der Waals surface area contributed by atoms with Gasteiger partial charge in [0.2, 0.25) is 0 Å². The number of imidazole rings is 1. The summed E-state index contributed by atoms with van der Waals surface area (Å²) in [6.45, 7) is 1.47. The van der Waals surface area contributed by atoms with Crippen molar-refractivity contribution in [2.75, 3.05) is 0 Å². The van der Waals surface area contributed by atoms with Gasteiger partial charge in [0.1, 0.15) is 0 Å². The van der Waals surface area contributed by atoms with Gasteiger partial charge in [-0.05, 0) is 13.0 Å². The van der Waals surface area contributed by atoms with Gasteiger partial charge in [-0.2, -0.15) is 13.2 Å². The summed E-state index contributed by atoms with van der Waals surface area (Å²) in [4.78, 5) is 4.31. The SMILES string of the molecule is Cc1ccc(-c2nc3c(Cl)cc(C(F)(F)F)cn3c2CO)cc1. The summed E-state index contributed by atoms with van der Waals surface area (Å²) >= 11 is 5.96. The molecule has 0 saturated heterocycles. The number of benzene rings is 1. The lowest BCUT2D eigenvalue weighted by molar-refractivity contribution is -0.137. The standard InChI is InChI=1S/C16H12ClF3N2O/c1-9-2-4-10(5-3-9)14-13(8-23)22-7-11(16(18,19)20)6-12(17)15(22)21-14/h2-7,23H,8H2,1H3. The minimum atomic E-state index is -4.53. The quantitative estimate of drug-likeness (QED) is 0.747. The third-order valence-corrected chi connectivity index (χ3v) is 3.85. The first-order valence-electron chi connectivity index (χ1n) is 6.77. The summed E-state index contributed by atoms with van der Waals surface area (Å²) in [6.07, 6.45) is -3.63. The van der Waals surface area contributed by atoms with Gasteiger partial charge in [-0.3, -0.25) is 4.40 Å². The Hall–Kier alpha value is -2.05. The molecule has 7 heteroatoms. The predicted octanol–water partition coefficient (Wildman–Crippen LogP) is 4.47. The van der Waals surface area contributed by atoms with E-state index in [-0.39, 0.29) is 16.4 Å². The topological polar surface area (TPSA) is 37.5 Å². The summed E-state index contributed by atoms with van der Waals surface area (Å²) in [5, 5.41) is 9.50. The molecule has 0 aliphatic rings. The van der Waals surface area contributed by atoms with Crippen LogP contribution in [0.4, 0.5) is 13.2 Å². The van der Waals surface area contributed by atoms with E-state index in [1.165, 1.54) is 4.40 Å². The number of aromatic nitrogens is 2. The molecule has 2 aromatic heterocycles. The van der Waals surface area contributed by atoms with Crippen LogP contribution in [0.1, 0.15) is 16.8 Å². The first kappa shape index (κ1) is 15.8. The minimum Gasteiger partial charge on any atom is -0.390 e. The molecule has 0 atom stereocenters. The highest BCUT2D eigenvalue weighted by molar-refractivity contribution is 6.33. The molecule has 2 heterocycles. The van der Waals surface area contributed by atoms with Gasteiger partial charge in [0, 0.05) is 11.8 Å². The normalized spacial score (nSPS) is 12.1. The average molecular weight is 341 g/mol. The van der Waals surface area contributed by atoms with E-state index >= 15 is 0 Å². The molecule has 1 N–H and O–H groups in total. The number of aliphatic hydroxyl groups is 1. The number of aliphatic hydroxyl groups excluding tert-OH is 1. The van der Waals surface area contributed by atoms with Crippen molar-refractivity contribution in [1.29, 1.82) is 0 Å². The van der Waals surface area contributed by atoms with Crippen LogP contribution in [0.3, 0.4) is 0 Å². The van der Waals surface area contributed by atoms with Crippen LogP contribution in [0.15, 0.2) is 36.5 Å². The van der Waals surface area contributed by atoms with Crippen LogP contribution in [-0.4, -0.2) is 14.5 Å². The molecule has 0 bridgehead atoms. The van der Waals surface area contributed by atoms with E-state index < -0.39 is 18.3 Å². The van der Waals surface area contributed by atoms with E-state index in [1.807, 2.05) is 19.1 Å². The summed E-state index contributed by atoms with van der Waals surface area (Å²) in [7, 11) is 0. The van der Waals surface area contributed by atoms with Crippen LogP contribution in [0, 0.1) is 6.92 Å². The van der Waals surface area contributed by atoms with Crippen LogP contribution >= 0.6 is 11.6 Å². The van der Waals surface area contributed by atoms with Crippen molar-refractivity contribution in [2.45, 2.75) is 19.7 Å². The summed E-state index contributed by atoms with van der Waals surface area (Å²) in [6, 6.07) is 8.17. The molecule has 23 heavy (non-hydrogen) atoms. The van der Waals surface area contributed by atoms with Crippen LogP contribution in [0.2, 0.25) is 5.02 Å². The molecular formula is C16H12ClF3N2O. The van der Waals surface area contributed by atoms with Crippen LogP contribution in [-0.2, 0) is 12.8 Å². The van der Waals surface area contributed by atoms with Crippen molar-refractivity contribution in [2.24, 2.45) is 0 Å². The zero-order chi connectivity index (χ0) is 16.8. The van der Waals surface area contributed by atoms with Crippen LogP contribution in [0.5, 0.6) is 0 Å².